The summed E-state index contributed by atoms with van der Waals surface area (Å²) in [4.78, 5) is 31.1. The zero-order chi connectivity index (χ0) is 20.4. The first-order chi connectivity index (χ1) is 13.3. The van der Waals surface area contributed by atoms with Gasteiger partial charge in [-0.3, -0.25) is 9.59 Å². The number of nitrogens with zero attached hydrogens (tertiary/aromatic N) is 2. The van der Waals surface area contributed by atoms with Gasteiger partial charge >= 0.3 is 0 Å². The lowest BCUT2D eigenvalue weighted by molar-refractivity contribution is -0.122. The number of fused-ring (bicyclic) bond motifs is 1. The summed E-state index contributed by atoms with van der Waals surface area (Å²) in [5.41, 5.74) is 0.768. The number of methoxy groups -OCH3 is 1. The molecule has 2 amide bonds. The lowest BCUT2D eigenvalue weighted by atomic mass is 10.1. The Labute approximate surface area is 170 Å². The number of rotatable bonds is 5. The number of carbonyl (C=O) groups excluding carboxylic acids is 2. The first-order valence-corrected chi connectivity index (χ1v) is 9.44. The molecule has 2 N–H and O–H groups in total. The number of hydrogen-bond acceptors (Lipinski definition) is 5. The molecule has 1 aliphatic heterocycles. The van der Waals surface area contributed by atoms with E-state index < -0.39 is 12.0 Å². The van der Waals surface area contributed by atoms with Crippen molar-refractivity contribution < 1.29 is 18.7 Å². The summed E-state index contributed by atoms with van der Waals surface area (Å²) < 4.78 is 19.8. The normalized spacial score (nSPS) is 15.9. The zero-order valence-electron chi connectivity index (χ0n) is 15.6. The predicted molar refractivity (Wildman–Crippen MR) is 106 cm³/mol. The molecule has 0 bridgehead atoms. The van der Waals surface area contributed by atoms with Gasteiger partial charge in [0.25, 0.3) is 5.91 Å². The molecular weight excluding hydrogens is 431 g/mol. The van der Waals surface area contributed by atoms with E-state index >= 15 is 0 Å². The summed E-state index contributed by atoms with van der Waals surface area (Å²) in [7, 11) is 1.43. The Morgan fingerprint density at radius 1 is 1.39 bits per heavy atom. The molecule has 148 valence electrons. The fourth-order valence-corrected chi connectivity index (χ4v) is 3.34. The van der Waals surface area contributed by atoms with Gasteiger partial charge in [0, 0.05) is 28.3 Å². The van der Waals surface area contributed by atoms with Gasteiger partial charge < -0.3 is 20.3 Å². The van der Waals surface area contributed by atoms with Gasteiger partial charge in [0.05, 0.1) is 12.7 Å². The molecule has 3 rings (SSSR count). The smallest absolute Gasteiger partial charge is 0.260 e. The fourth-order valence-electron chi connectivity index (χ4n) is 3.01. The van der Waals surface area contributed by atoms with Gasteiger partial charge in [-0.15, -0.1) is 0 Å². The van der Waals surface area contributed by atoms with Crippen LogP contribution in [-0.2, 0) is 4.79 Å². The molecule has 1 aromatic heterocycles. The Bertz CT molecular complexity index is 922. The number of anilines is 1. The Kier molecular flexibility index (Phi) is 5.83. The topological polar surface area (TPSA) is 83.6 Å². The van der Waals surface area contributed by atoms with Gasteiger partial charge in [-0.25, -0.2) is 9.37 Å². The molecule has 0 aliphatic carbocycles. The van der Waals surface area contributed by atoms with Gasteiger partial charge in [-0.2, -0.15) is 0 Å². The minimum absolute atomic E-state index is 0.0730. The van der Waals surface area contributed by atoms with Crippen LogP contribution in [0.15, 0.2) is 34.9 Å². The fraction of sp³-hybridized carbons (Fsp3) is 0.316. The first-order valence-electron chi connectivity index (χ1n) is 8.65. The lowest BCUT2D eigenvalue weighted by Crippen LogP contribution is -2.49. The van der Waals surface area contributed by atoms with E-state index in [1.807, 2.05) is 13.8 Å². The summed E-state index contributed by atoms with van der Waals surface area (Å²) in [6, 6.07) is 5.72. The van der Waals surface area contributed by atoms with E-state index in [-0.39, 0.29) is 24.4 Å². The van der Waals surface area contributed by atoms with Crippen LogP contribution in [0.1, 0.15) is 35.9 Å². The maximum absolute atomic E-state index is 14.1. The highest BCUT2D eigenvalue weighted by Crippen LogP contribution is 2.34. The quantitative estimate of drug-likeness (QED) is 0.730. The summed E-state index contributed by atoms with van der Waals surface area (Å²) in [6.45, 7) is 3.47. The molecule has 9 heteroatoms. The summed E-state index contributed by atoms with van der Waals surface area (Å²) in [5.74, 6) is -0.531. The largest absolute Gasteiger partial charge is 0.497 e. The number of ether oxygens (including phenoxy) is 1. The average Bonchev–Trinajstić information content (AvgIpc) is 2.63. The van der Waals surface area contributed by atoms with Crippen LogP contribution < -0.4 is 15.4 Å². The SMILES string of the molecule is COc1cc(F)cc(C2Nc3ncc(Br)cc3C(=O)N2CC(=O)NC(C)C)c1. The van der Waals surface area contributed by atoms with Gasteiger partial charge in [0.15, 0.2) is 0 Å². The molecule has 2 heterocycles. The maximum Gasteiger partial charge on any atom is 0.260 e. The Hall–Kier alpha value is -2.68. The van der Waals surface area contributed by atoms with Crippen LogP contribution in [-0.4, -0.2) is 41.4 Å². The van der Waals surface area contributed by atoms with Gasteiger partial charge in [0.1, 0.15) is 30.1 Å². The highest BCUT2D eigenvalue weighted by molar-refractivity contribution is 9.10. The molecule has 2 aromatic rings. The molecule has 7 nitrogen and oxygen atoms in total. The second-order valence-electron chi connectivity index (χ2n) is 6.68. The van der Waals surface area contributed by atoms with Crippen LogP contribution in [0.25, 0.3) is 0 Å². The third kappa shape index (κ3) is 4.24. The molecule has 0 saturated carbocycles. The van der Waals surface area contributed by atoms with Crippen LogP contribution in [0.4, 0.5) is 10.2 Å². The zero-order valence-corrected chi connectivity index (χ0v) is 17.2. The minimum atomic E-state index is -0.781. The molecule has 0 saturated heterocycles. The Balaban J connectivity index is 2.04. The van der Waals surface area contributed by atoms with Gasteiger partial charge in [-0.1, -0.05) is 0 Å². The lowest BCUT2D eigenvalue weighted by Gasteiger charge is -2.37. The first kappa shape index (κ1) is 20.1. The summed E-state index contributed by atoms with van der Waals surface area (Å²) in [5, 5.41) is 5.90. The van der Waals surface area contributed by atoms with Crippen molar-refractivity contribution in [3.05, 3.63) is 51.9 Å². The predicted octanol–water partition coefficient (Wildman–Crippen LogP) is 3.08. The number of nitrogens with one attached hydrogen (secondary N) is 2. The molecule has 28 heavy (non-hydrogen) atoms. The number of amides is 2. The molecule has 0 spiro atoms. The molecular formula is C19H20BrFN4O3. The van der Waals surface area contributed by atoms with Gasteiger partial charge in [-0.05, 0) is 48.0 Å². The van der Waals surface area contributed by atoms with E-state index in [4.69, 9.17) is 4.74 Å². The van der Waals surface area contributed by atoms with E-state index in [1.165, 1.54) is 24.1 Å². The van der Waals surface area contributed by atoms with Crippen molar-refractivity contribution in [1.29, 1.82) is 0 Å². The van der Waals surface area contributed by atoms with E-state index in [0.29, 0.717) is 27.2 Å². The molecule has 1 aliphatic rings. The number of pyridine rings is 1. The van der Waals surface area contributed by atoms with Crippen LogP contribution in [0.3, 0.4) is 0 Å². The number of benzene rings is 1. The van der Waals surface area contributed by atoms with Crippen molar-refractivity contribution in [1.82, 2.24) is 15.2 Å². The molecule has 1 unspecified atom stereocenters. The minimum Gasteiger partial charge on any atom is -0.497 e. The van der Waals surface area contributed by atoms with E-state index in [2.05, 4.69) is 31.5 Å². The number of carbonyl (C=O) groups is 2. The number of hydrogen-bond donors (Lipinski definition) is 2. The van der Waals surface area contributed by atoms with Crippen molar-refractivity contribution in [2.75, 3.05) is 19.0 Å². The molecule has 1 atom stereocenters. The van der Waals surface area contributed by atoms with E-state index in [9.17, 15) is 14.0 Å². The summed E-state index contributed by atoms with van der Waals surface area (Å²) >= 11 is 3.30. The second-order valence-corrected chi connectivity index (χ2v) is 7.59. The molecule has 0 fully saturated rings. The highest BCUT2D eigenvalue weighted by Gasteiger charge is 2.35. The average molecular weight is 451 g/mol. The van der Waals surface area contributed by atoms with Crippen molar-refractivity contribution in [3.8, 4) is 5.75 Å². The summed E-state index contributed by atoms with van der Waals surface area (Å²) in [6.07, 6.45) is 0.778. The number of halogens is 2. The van der Waals surface area contributed by atoms with Gasteiger partial charge in [0.2, 0.25) is 5.91 Å². The monoisotopic (exact) mass is 450 g/mol. The number of aromatic nitrogens is 1. The third-order valence-electron chi connectivity index (χ3n) is 4.14. The standard InChI is InChI=1S/C19H20BrFN4O3/c1-10(2)23-16(26)9-25-18(11-4-13(21)7-14(5-11)28-3)24-17-15(19(25)27)6-12(20)8-22-17/h4-8,10,18H,9H2,1-3H3,(H,22,24)(H,23,26). The van der Waals surface area contributed by atoms with Crippen molar-refractivity contribution in [2.45, 2.75) is 26.1 Å². The van der Waals surface area contributed by atoms with Crippen LogP contribution in [0.2, 0.25) is 0 Å². The van der Waals surface area contributed by atoms with Crippen LogP contribution in [0, 0.1) is 5.82 Å². The van der Waals surface area contributed by atoms with E-state index in [0.717, 1.165) is 0 Å². The highest BCUT2D eigenvalue weighted by atomic mass is 79.9. The second kappa shape index (κ2) is 8.14. The molecule has 0 radical (unpaired) electrons. The van der Waals surface area contributed by atoms with Crippen molar-refractivity contribution >= 4 is 33.6 Å². The van der Waals surface area contributed by atoms with Crippen molar-refractivity contribution in [3.63, 3.8) is 0 Å². The van der Waals surface area contributed by atoms with E-state index in [1.54, 1.807) is 18.3 Å². The molecule has 1 aromatic carbocycles. The maximum atomic E-state index is 14.1. The van der Waals surface area contributed by atoms with Crippen LogP contribution in [0.5, 0.6) is 5.75 Å². The Morgan fingerprint density at radius 3 is 2.82 bits per heavy atom. The Morgan fingerprint density at radius 2 is 2.14 bits per heavy atom. The van der Waals surface area contributed by atoms with Crippen LogP contribution >= 0.6 is 15.9 Å². The van der Waals surface area contributed by atoms with Crippen molar-refractivity contribution in [2.24, 2.45) is 0 Å². The third-order valence-corrected chi connectivity index (χ3v) is 4.57.